The second kappa shape index (κ2) is 8.64. The van der Waals surface area contributed by atoms with Crippen LogP contribution in [0.15, 0.2) is 48.5 Å². The molecule has 2 rings (SSSR count). The summed E-state index contributed by atoms with van der Waals surface area (Å²) < 4.78 is 0. The molecule has 0 saturated heterocycles. The Labute approximate surface area is 106 Å². The van der Waals surface area contributed by atoms with Crippen LogP contribution in [0.4, 0.5) is 5.69 Å². The average Bonchev–Trinajstić information content (AvgIpc) is 2.31. The van der Waals surface area contributed by atoms with Crippen LogP contribution in [0.2, 0.25) is 0 Å². The lowest BCUT2D eigenvalue weighted by atomic mass is 10.2. The van der Waals surface area contributed by atoms with Crippen LogP contribution < -0.4 is 5.73 Å². The Bertz CT molecular complexity index is 407. The molecule has 0 atom stereocenters. The van der Waals surface area contributed by atoms with Gasteiger partial charge in [0.25, 0.3) is 0 Å². The minimum absolute atomic E-state index is 0.229. The number of hydrogen-bond acceptors (Lipinski definition) is 4. The highest BCUT2D eigenvalue weighted by Crippen LogP contribution is 2.15. The summed E-state index contributed by atoms with van der Waals surface area (Å²) >= 11 is 0. The Balaban J connectivity index is 0.000000289. The number of carbonyl (C=O) groups excluding carboxylic acids is 1. The summed E-state index contributed by atoms with van der Waals surface area (Å²) in [5.74, 6) is 0.551. The Morgan fingerprint density at radius 3 is 1.83 bits per heavy atom. The van der Waals surface area contributed by atoms with Crippen molar-refractivity contribution in [3.05, 3.63) is 54.1 Å². The molecule has 2 aromatic rings. The first-order valence-corrected chi connectivity index (χ1v) is 5.17. The van der Waals surface area contributed by atoms with Crippen LogP contribution in [0, 0.1) is 6.92 Å². The van der Waals surface area contributed by atoms with Gasteiger partial charge in [0.1, 0.15) is 18.3 Å². The topological polar surface area (TPSA) is 83.6 Å². The highest BCUT2D eigenvalue weighted by atomic mass is 16.3. The Morgan fingerprint density at radius 1 is 0.944 bits per heavy atom. The van der Waals surface area contributed by atoms with Gasteiger partial charge in [-0.2, -0.15) is 0 Å². The number of nitrogens with two attached hydrogens (primary N) is 1. The monoisotopic (exact) mass is 247 g/mol. The van der Waals surface area contributed by atoms with E-state index in [1.165, 1.54) is 6.07 Å². The first-order valence-electron chi connectivity index (χ1n) is 5.17. The van der Waals surface area contributed by atoms with Gasteiger partial charge >= 0.3 is 0 Å². The lowest BCUT2D eigenvalue weighted by molar-refractivity contribution is -0.0979. The number of aryl methyl sites for hydroxylation is 1. The predicted octanol–water partition coefficient (Wildman–Crippen LogP) is 2.49. The third-order valence-corrected chi connectivity index (χ3v) is 1.84. The SMILES string of the molecule is C=O.Cc1cc(N)cc(O)c1.Oc1ccccc1. The Morgan fingerprint density at radius 2 is 1.50 bits per heavy atom. The third kappa shape index (κ3) is 6.90. The maximum atomic E-state index is 8.91. The Hall–Kier alpha value is -2.49. The molecule has 0 radical (unpaired) electrons. The second-order valence-corrected chi connectivity index (χ2v) is 3.44. The molecule has 0 amide bonds. The van der Waals surface area contributed by atoms with Gasteiger partial charge in [0.2, 0.25) is 0 Å². The van der Waals surface area contributed by atoms with Crippen LogP contribution >= 0.6 is 0 Å². The fourth-order valence-corrected chi connectivity index (χ4v) is 1.22. The molecule has 0 bridgehead atoms. The zero-order valence-corrected chi connectivity index (χ0v) is 10.2. The van der Waals surface area contributed by atoms with Crippen LogP contribution in [0.3, 0.4) is 0 Å². The van der Waals surface area contributed by atoms with Crippen molar-refractivity contribution in [2.24, 2.45) is 0 Å². The highest BCUT2D eigenvalue weighted by molar-refractivity contribution is 5.46. The zero-order valence-electron chi connectivity index (χ0n) is 10.2. The summed E-state index contributed by atoms with van der Waals surface area (Å²) in [5, 5.41) is 17.5. The van der Waals surface area contributed by atoms with Crippen molar-refractivity contribution in [2.75, 3.05) is 5.73 Å². The van der Waals surface area contributed by atoms with E-state index in [0.717, 1.165) is 5.56 Å². The second-order valence-electron chi connectivity index (χ2n) is 3.44. The van der Waals surface area contributed by atoms with E-state index in [1.54, 1.807) is 36.4 Å². The molecule has 96 valence electrons. The van der Waals surface area contributed by atoms with Crippen molar-refractivity contribution in [3.8, 4) is 11.5 Å². The van der Waals surface area contributed by atoms with Gasteiger partial charge in [-0.1, -0.05) is 18.2 Å². The standard InChI is InChI=1S/C7H9NO.C6H6O.CH2O/c1-5-2-6(8)4-7(9)3-5;7-6-4-2-1-3-5-6;1-2/h2-4,9H,8H2,1H3;1-5,7H;1H2. The number of benzene rings is 2. The van der Waals surface area contributed by atoms with Crippen LogP contribution in [0.25, 0.3) is 0 Å². The molecule has 0 saturated carbocycles. The molecule has 4 nitrogen and oxygen atoms in total. The number of rotatable bonds is 0. The molecule has 0 aromatic heterocycles. The lowest BCUT2D eigenvalue weighted by Gasteiger charge is -1.96. The average molecular weight is 247 g/mol. The molecule has 4 heteroatoms. The first kappa shape index (κ1) is 15.5. The lowest BCUT2D eigenvalue weighted by Crippen LogP contribution is -1.83. The van der Waals surface area contributed by atoms with Gasteiger partial charge < -0.3 is 20.7 Å². The summed E-state index contributed by atoms with van der Waals surface area (Å²) in [6.07, 6.45) is 0. The van der Waals surface area contributed by atoms with Gasteiger partial charge in [-0.15, -0.1) is 0 Å². The molecule has 0 fully saturated rings. The molecular formula is C14H17NO3. The van der Waals surface area contributed by atoms with Crippen molar-refractivity contribution in [3.63, 3.8) is 0 Å². The first-order chi connectivity index (χ1) is 8.58. The van der Waals surface area contributed by atoms with Gasteiger partial charge in [-0.05, 0) is 36.8 Å². The summed E-state index contributed by atoms with van der Waals surface area (Å²) in [5.41, 5.74) is 6.98. The molecule has 4 N–H and O–H groups in total. The van der Waals surface area contributed by atoms with Gasteiger partial charge in [0, 0.05) is 11.8 Å². The molecule has 0 spiro atoms. The maximum absolute atomic E-state index is 8.91. The van der Waals surface area contributed by atoms with E-state index in [0.29, 0.717) is 11.4 Å². The molecular weight excluding hydrogens is 230 g/mol. The van der Waals surface area contributed by atoms with Crippen LogP contribution in [-0.4, -0.2) is 17.0 Å². The van der Waals surface area contributed by atoms with Crippen molar-refractivity contribution >= 4 is 12.5 Å². The van der Waals surface area contributed by atoms with Crippen molar-refractivity contribution < 1.29 is 15.0 Å². The van der Waals surface area contributed by atoms with E-state index in [2.05, 4.69) is 0 Å². The number of carbonyl (C=O) groups is 1. The fourth-order valence-electron chi connectivity index (χ4n) is 1.22. The Kier molecular flexibility index (Phi) is 7.44. The molecule has 0 unspecified atom stereocenters. The highest BCUT2D eigenvalue weighted by Gasteiger charge is 1.90. The smallest absolute Gasteiger partial charge is 0.117 e. The molecule has 0 heterocycles. The van der Waals surface area contributed by atoms with E-state index >= 15 is 0 Å². The van der Waals surface area contributed by atoms with Crippen LogP contribution in [0.5, 0.6) is 11.5 Å². The number of nitrogen functional groups attached to an aromatic ring is 1. The van der Waals surface area contributed by atoms with E-state index in [4.69, 9.17) is 20.7 Å². The van der Waals surface area contributed by atoms with Gasteiger partial charge in [-0.25, -0.2) is 0 Å². The fraction of sp³-hybridized carbons (Fsp3) is 0.0714. The minimum Gasteiger partial charge on any atom is -0.508 e. The number of phenolic OH excluding ortho intramolecular Hbond substituents is 2. The number of para-hydroxylation sites is 1. The summed E-state index contributed by atoms with van der Waals surface area (Å²) in [6, 6.07) is 13.7. The number of anilines is 1. The van der Waals surface area contributed by atoms with Crippen LogP contribution in [0.1, 0.15) is 5.56 Å². The van der Waals surface area contributed by atoms with Crippen molar-refractivity contribution in [2.45, 2.75) is 6.92 Å². The number of hydrogen-bond donors (Lipinski definition) is 3. The minimum atomic E-state index is 0.229. The normalized spacial score (nSPS) is 8.28. The van der Waals surface area contributed by atoms with Gasteiger partial charge in [0.15, 0.2) is 0 Å². The zero-order chi connectivity index (χ0) is 14.0. The van der Waals surface area contributed by atoms with Gasteiger partial charge in [-0.3, -0.25) is 0 Å². The maximum Gasteiger partial charge on any atom is 0.117 e. The third-order valence-electron chi connectivity index (χ3n) is 1.84. The van der Waals surface area contributed by atoms with Crippen molar-refractivity contribution in [1.29, 1.82) is 0 Å². The molecule has 0 aliphatic rings. The van der Waals surface area contributed by atoms with E-state index in [9.17, 15) is 0 Å². The summed E-state index contributed by atoms with van der Waals surface area (Å²) in [7, 11) is 0. The van der Waals surface area contributed by atoms with E-state index in [1.807, 2.05) is 19.8 Å². The van der Waals surface area contributed by atoms with E-state index in [-0.39, 0.29) is 5.75 Å². The molecule has 18 heavy (non-hydrogen) atoms. The molecule has 0 aliphatic heterocycles. The largest absolute Gasteiger partial charge is 0.508 e. The van der Waals surface area contributed by atoms with E-state index < -0.39 is 0 Å². The quantitative estimate of drug-likeness (QED) is 0.624. The summed E-state index contributed by atoms with van der Waals surface area (Å²) in [6.45, 7) is 3.88. The predicted molar refractivity (Wildman–Crippen MR) is 72.5 cm³/mol. The molecule has 0 aliphatic carbocycles. The number of phenols is 2. The van der Waals surface area contributed by atoms with Crippen LogP contribution in [-0.2, 0) is 4.79 Å². The number of aromatic hydroxyl groups is 2. The summed E-state index contributed by atoms with van der Waals surface area (Å²) in [4.78, 5) is 8.00. The van der Waals surface area contributed by atoms with Crippen molar-refractivity contribution in [1.82, 2.24) is 0 Å². The molecule has 2 aromatic carbocycles. The van der Waals surface area contributed by atoms with Gasteiger partial charge in [0.05, 0.1) is 0 Å².